The molecule has 36 heavy (non-hydrogen) atoms. The van der Waals surface area contributed by atoms with Crippen LogP contribution in [0.2, 0.25) is 0 Å². The molecular formula is C27H31N3O5S. The molecule has 1 aromatic heterocycles. The van der Waals surface area contributed by atoms with E-state index in [2.05, 4.69) is 10.6 Å². The van der Waals surface area contributed by atoms with Gasteiger partial charge in [0.25, 0.3) is 5.91 Å². The fraction of sp³-hybridized carbons (Fsp3) is 0.296. The Kier molecular flexibility index (Phi) is 8.71. The quantitative estimate of drug-likeness (QED) is 0.451. The van der Waals surface area contributed by atoms with Gasteiger partial charge in [-0.05, 0) is 49.9 Å². The maximum atomic E-state index is 13.7. The summed E-state index contributed by atoms with van der Waals surface area (Å²) in [5, 5.41) is 7.45. The molecule has 3 rings (SSSR count). The molecule has 2 aromatic carbocycles. The second-order valence-corrected chi connectivity index (χ2v) is 9.96. The van der Waals surface area contributed by atoms with E-state index in [-0.39, 0.29) is 18.4 Å². The smallest absolute Gasteiger partial charge is 0.261 e. The standard InChI is InChI=1S/C27H31N3O5S/c1-27(2,3)29-26(33)24(18-10-7-6-8-11-18)30(19-13-14-20(34-4)21(16-19)35-5)23(31)17-28-25(32)22-12-9-15-36-22/h6-16,24H,17H2,1-5H3,(H,28,32)(H,29,33)/t24-/m0/s1. The molecule has 1 atom stereocenters. The largest absolute Gasteiger partial charge is 0.493 e. The lowest BCUT2D eigenvalue weighted by molar-refractivity contribution is -0.127. The number of ether oxygens (including phenoxy) is 2. The van der Waals surface area contributed by atoms with Crippen LogP contribution in [0.15, 0.2) is 66.0 Å². The van der Waals surface area contributed by atoms with Crippen molar-refractivity contribution in [2.45, 2.75) is 32.4 Å². The highest BCUT2D eigenvalue weighted by molar-refractivity contribution is 7.12. The van der Waals surface area contributed by atoms with Crippen LogP contribution in [0.1, 0.15) is 42.0 Å². The molecule has 2 N–H and O–H groups in total. The molecule has 0 fully saturated rings. The second-order valence-electron chi connectivity index (χ2n) is 9.02. The van der Waals surface area contributed by atoms with Crippen molar-refractivity contribution in [2.24, 2.45) is 0 Å². The summed E-state index contributed by atoms with van der Waals surface area (Å²) < 4.78 is 10.8. The Morgan fingerprint density at radius 2 is 1.64 bits per heavy atom. The highest BCUT2D eigenvalue weighted by Gasteiger charge is 2.35. The van der Waals surface area contributed by atoms with Crippen molar-refractivity contribution in [1.29, 1.82) is 0 Å². The van der Waals surface area contributed by atoms with Gasteiger partial charge < -0.3 is 20.1 Å². The van der Waals surface area contributed by atoms with Crippen LogP contribution < -0.4 is 25.0 Å². The average molecular weight is 510 g/mol. The van der Waals surface area contributed by atoms with Crippen LogP contribution in [0.25, 0.3) is 0 Å². The first kappa shape index (κ1) is 26.7. The highest BCUT2D eigenvalue weighted by atomic mass is 32.1. The average Bonchev–Trinajstić information content (AvgIpc) is 3.39. The number of hydrogen-bond acceptors (Lipinski definition) is 6. The number of rotatable bonds is 9. The van der Waals surface area contributed by atoms with Gasteiger partial charge in [0.2, 0.25) is 11.8 Å². The lowest BCUT2D eigenvalue weighted by Crippen LogP contribution is -2.51. The number of carbonyl (C=O) groups is 3. The van der Waals surface area contributed by atoms with Gasteiger partial charge in [-0.3, -0.25) is 19.3 Å². The van der Waals surface area contributed by atoms with Gasteiger partial charge in [-0.2, -0.15) is 0 Å². The van der Waals surface area contributed by atoms with Crippen molar-refractivity contribution >= 4 is 34.7 Å². The number of carbonyl (C=O) groups excluding carboxylic acids is 3. The molecule has 0 aliphatic carbocycles. The fourth-order valence-electron chi connectivity index (χ4n) is 3.64. The number of benzene rings is 2. The maximum absolute atomic E-state index is 13.7. The van der Waals surface area contributed by atoms with Crippen LogP contribution in [0.4, 0.5) is 5.69 Å². The first-order valence-corrected chi connectivity index (χ1v) is 12.3. The van der Waals surface area contributed by atoms with Crippen molar-refractivity contribution in [3.05, 3.63) is 76.5 Å². The van der Waals surface area contributed by atoms with Crippen molar-refractivity contribution in [1.82, 2.24) is 10.6 Å². The first-order chi connectivity index (χ1) is 17.1. The Morgan fingerprint density at radius 3 is 2.22 bits per heavy atom. The van der Waals surface area contributed by atoms with E-state index in [1.165, 1.54) is 30.5 Å². The molecule has 0 saturated carbocycles. The normalized spacial score (nSPS) is 11.8. The molecule has 8 nitrogen and oxygen atoms in total. The molecule has 0 aliphatic heterocycles. The van der Waals surface area contributed by atoms with Crippen LogP contribution in [0.3, 0.4) is 0 Å². The molecule has 9 heteroatoms. The number of anilines is 1. The van der Waals surface area contributed by atoms with Gasteiger partial charge >= 0.3 is 0 Å². The molecule has 0 saturated heterocycles. The van der Waals surface area contributed by atoms with Crippen LogP contribution in [-0.4, -0.2) is 44.0 Å². The maximum Gasteiger partial charge on any atom is 0.261 e. The molecule has 0 unspecified atom stereocenters. The summed E-state index contributed by atoms with van der Waals surface area (Å²) in [4.78, 5) is 41.8. The van der Waals surface area contributed by atoms with Crippen molar-refractivity contribution in [3.8, 4) is 11.5 Å². The Hall–Kier alpha value is -3.85. The van der Waals surface area contributed by atoms with Crippen molar-refractivity contribution in [2.75, 3.05) is 25.7 Å². The van der Waals surface area contributed by atoms with Gasteiger partial charge in [0.05, 0.1) is 25.6 Å². The van der Waals surface area contributed by atoms with Crippen LogP contribution >= 0.6 is 11.3 Å². The minimum absolute atomic E-state index is 0.308. The zero-order valence-electron chi connectivity index (χ0n) is 21.0. The molecule has 3 amide bonds. The van der Waals surface area contributed by atoms with E-state index < -0.39 is 17.5 Å². The summed E-state index contributed by atoms with van der Waals surface area (Å²) in [5.74, 6) is -0.305. The van der Waals surface area contributed by atoms with Gasteiger partial charge in [-0.1, -0.05) is 36.4 Å². The summed E-state index contributed by atoms with van der Waals surface area (Å²) >= 11 is 1.28. The molecule has 190 valence electrons. The topological polar surface area (TPSA) is 97.0 Å². The van der Waals surface area contributed by atoms with E-state index in [1.54, 1.807) is 47.8 Å². The van der Waals surface area contributed by atoms with E-state index in [0.717, 1.165) is 0 Å². The summed E-state index contributed by atoms with van der Waals surface area (Å²) in [6.45, 7) is 5.31. The minimum Gasteiger partial charge on any atom is -0.493 e. The van der Waals surface area contributed by atoms with E-state index >= 15 is 0 Å². The van der Waals surface area contributed by atoms with Gasteiger partial charge in [-0.25, -0.2) is 0 Å². The van der Waals surface area contributed by atoms with Crippen LogP contribution in [0.5, 0.6) is 11.5 Å². The number of amides is 3. The van der Waals surface area contributed by atoms with Crippen LogP contribution in [-0.2, 0) is 9.59 Å². The Morgan fingerprint density at radius 1 is 0.944 bits per heavy atom. The summed E-state index contributed by atoms with van der Waals surface area (Å²) in [6, 6.07) is 16.5. The zero-order valence-corrected chi connectivity index (χ0v) is 21.8. The third-order valence-corrected chi connectivity index (χ3v) is 6.05. The highest BCUT2D eigenvalue weighted by Crippen LogP contribution is 2.35. The molecule has 0 radical (unpaired) electrons. The molecule has 0 aliphatic rings. The van der Waals surface area contributed by atoms with Crippen LogP contribution in [0, 0.1) is 0 Å². The Bertz CT molecular complexity index is 1190. The van der Waals surface area contributed by atoms with Crippen molar-refractivity contribution < 1.29 is 23.9 Å². The van der Waals surface area contributed by atoms with E-state index in [1.807, 2.05) is 39.0 Å². The van der Waals surface area contributed by atoms with E-state index in [0.29, 0.717) is 27.6 Å². The molecule has 3 aromatic rings. The number of nitrogens with one attached hydrogen (secondary N) is 2. The Labute approximate surface area is 215 Å². The fourth-order valence-corrected chi connectivity index (χ4v) is 4.28. The third kappa shape index (κ3) is 6.63. The predicted molar refractivity (Wildman–Crippen MR) is 141 cm³/mol. The number of hydrogen-bond donors (Lipinski definition) is 2. The van der Waals surface area contributed by atoms with Gasteiger partial charge in [0.1, 0.15) is 6.04 Å². The molecule has 0 spiro atoms. The first-order valence-electron chi connectivity index (χ1n) is 11.4. The number of methoxy groups -OCH3 is 2. The Balaban J connectivity index is 2.07. The minimum atomic E-state index is -1.00. The monoisotopic (exact) mass is 509 g/mol. The lowest BCUT2D eigenvalue weighted by atomic mass is 10.0. The SMILES string of the molecule is COc1ccc(N(C(=O)CNC(=O)c2cccs2)[C@H](C(=O)NC(C)(C)C)c2ccccc2)cc1OC. The van der Waals surface area contributed by atoms with Gasteiger partial charge in [0, 0.05) is 17.3 Å². The zero-order chi connectivity index (χ0) is 26.3. The van der Waals surface area contributed by atoms with E-state index in [9.17, 15) is 14.4 Å². The van der Waals surface area contributed by atoms with Crippen molar-refractivity contribution in [3.63, 3.8) is 0 Å². The third-order valence-electron chi connectivity index (χ3n) is 5.18. The number of thiophene rings is 1. The predicted octanol–water partition coefficient (Wildman–Crippen LogP) is 4.18. The summed E-state index contributed by atoms with van der Waals surface area (Å²) in [5.41, 5.74) is 0.497. The number of nitrogens with zero attached hydrogens (tertiary/aromatic N) is 1. The summed E-state index contributed by atoms with van der Waals surface area (Å²) in [6.07, 6.45) is 0. The second kappa shape index (κ2) is 11.7. The van der Waals surface area contributed by atoms with Gasteiger partial charge in [0.15, 0.2) is 11.5 Å². The molecular weight excluding hydrogens is 478 g/mol. The summed E-state index contributed by atoms with van der Waals surface area (Å²) in [7, 11) is 3.01. The lowest BCUT2D eigenvalue weighted by Gasteiger charge is -2.34. The molecule has 0 bridgehead atoms. The van der Waals surface area contributed by atoms with Gasteiger partial charge in [-0.15, -0.1) is 11.3 Å². The molecule has 1 heterocycles. The van der Waals surface area contributed by atoms with E-state index in [4.69, 9.17) is 9.47 Å².